The van der Waals surface area contributed by atoms with E-state index >= 15 is 0 Å². The van der Waals surface area contributed by atoms with Crippen molar-refractivity contribution in [2.45, 2.75) is 32.2 Å². The van der Waals surface area contributed by atoms with Gasteiger partial charge < -0.3 is 4.98 Å². The van der Waals surface area contributed by atoms with Crippen LogP contribution in [0, 0.1) is 0 Å². The van der Waals surface area contributed by atoms with E-state index in [9.17, 15) is 13.2 Å². The Morgan fingerprint density at radius 2 is 1.89 bits per heavy atom. The molecular formula is C18H22N6O3S. The SMILES string of the molecule is CCS(=O)(=O)N1CCC(c2nc3c(nnn3Cc3ccccc3)c(=O)[nH]2)CC1. The minimum absolute atomic E-state index is 0.000446. The van der Waals surface area contributed by atoms with E-state index in [1.54, 1.807) is 11.6 Å². The second-order valence-electron chi connectivity index (χ2n) is 6.93. The Labute approximate surface area is 162 Å². The van der Waals surface area contributed by atoms with Gasteiger partial charge in [-0.3, -0.25) is 4.79 Å². The van der Waals surface area contributed by atoms with Crippen LogP contribution in [0.2, 0.25) is 0 Å². The number of benzene rings is 1. The molecule has 4 rings (SSSR count). The van der Waals surface area contributed by atoms with Crippen molar-refractivity contribution >= 4 is 21.2 Å². The number of rotatable bonds is 5. The minimum atomic E-state index is -3.19. The highest BCUT2D eigenvalue weighted by molar-refractivity contribution is 7.89. The first-order valence-electron chi connectivity index (χ1n) is 9.33. The van der Waals surface area contributed by atoms with Crippen LogP contribution in [0.5, 0.6) is 0 Å². The smallest absolute Gasteiger partial charge is 0.281 e. The number of fused-ring (bicyclic) bond motifs is 1. The molecule has 1 aliphatic heterocycles. The van der Waals surface area contributed by atoms with Crippen LogP contribution >= 0.6 is 0 Å². The Balaban J connectivity index is 1.61. The summed E-state index contributed by atoms with van der Waals surface area (Å²) in [6.45, 7) is 2.99. The van der Waals surface area contributed by atoms with Crippen LogP contribution in [0.3, 0.4) is 0 Å². The van der Waals surface area contributed by atoms with E-state index in [0.29, 0.717) is 43.9 Å². The van der Waals surface area contributed by atoms with Crippen molar-refractivity contribution in [3.05, 3.63) is 52.1 Å². The van der Waals surface area contributed by atoms with Gasteiger partial charge in [-0.25, -0.2) is 22.4 Å². The standard InChI is InChI=1S/C18H22N6O3S/c1-2-28(26,27)23-10-8-14(9-11-23)16-19-17-15(18(25)20-16)21-22-24(17)12-13-6-4-3-5-7-13/h3-7,14H,2,8-12H2,1H3,(H,19,20,25). The fourth-order valence-corrected chi connectivity index (χ4v) is 4.66. The third-order valence-corrected chi connectivity index (χ3v) is 7.05. The van der Waals surface area contributed by atoms with Gasteiger partial charge in [0.2, 0.25) is 10.0 Å². The molecule has 1 aliphatic rings. The summed E-state index contributed by atoms with van der Waals surface area (Å²) < 4.78 is 27.2. The van der Waals surface area contributed by atoms with Crippen molar-refractivity contribution in [1.82, 2.24) is 29.3 Å². The summed E-state index contributed by atoms with van der Waals surface area (Å²) in [6.07, 6.45) is 1.24. The number of hydrogen-bond acceptors (Lipinski definition) is 6. The Kier molecular flexibility index (Phi) is 4.98. The summed E-state index contributed by atoms with van der Waals surface area (Å²) in [5.74, 6) is 0.673. The number of hydrogen-bond donors (Lipinski definition) is 1. The van der Waals surface area contributed by atoms with Gasteiger partial charge in [0.25, 0.3) is 5.56 Å². The maximum atomic E-state index is 12.5. The first kappa shape index (κ1) is 18.8. The fraction of sp³-hybridized carbons (Fsp3) is 0.444. The summed E-state index contributed by atoms with van der Waals surface area (Å²) in [5, 5.41) is 8.06. The average molecular weight is 402 g/mol. The molecule has 0 bridgehead atoms. The highest BCUT2D eigenvalue weighted by Gasteiger charge is 2.29. The van der Waals surface area contributed by atoms with Crippen LogP contribution in [0.15, 0.2) is 35.1 Å². The van der Waals surface area contributed by atoms with E-state index in [1.165, 1.54) is 4.31 Å². The van der Waals surface area contributed by atoms with E-state index in [4.69, 9.17) is 0 Å². The van der Waals surface area contributed by atoms with E-state index in [1.807, 2.05) is 30.3 Å². The van der Waals surface area contributed by atoms with E-state index in [0.717, 1.165) is 5.56 Å². The molecule has 148 valence electrons. The summed E-state index contributed by atoms with van der Waals surface area (Å²) >= 11 is 0. The van der Waals surface area contributed by atoms with Gasteiger partial charge >= 0.3 is 0 Å². The lowest BCUT2D eigenvalue weighted by molar-refractivity contribution is 0.314. The Hall–Kier alpha value is -2.59. The van der Waals surface area contributed by atoms with E-state index in [-0.39, 0.29) is 22.7 Å². The third-order valence-electron chi connectivity index (χ3n) is 5.17. The molecule has 1 N–H and O–H groups in total. The lowest BCUT2D eigenvalue weighted by Gasteiger charge is -2.30. The summed E-state index contributed by atoms with van der Waals surface area (Å²) in [7, 11) is -3.19. The molecule has 0 radical (unpaired) electrons. The number of aromatic nitrogens is 5. The van der Waals surface area contributed by atoms with Crippen LogP contribution in [-0.2, 0) is 16.6 Å². The van der Waals surface area contributed by atoms with Crippen LogP contribution in [-0.4, -0.2) is 56.5 Å². The first-order chi connectivity index (χ1) is 13.5. The molecule has 0 amide bonds. The molecule has 0 aliphatic carbocycles. The van der Waals surface area contributed by atoms with Gasteiger partial charge in [0, 0.05) is 19.0 Å². The first-order valence-corrected chi connectivity index (χ1v) is 10.9. The zero-order valence-corrected chi connectivity index (χ0v) is 16.4. The van der Waals surface area contributed by atoms with Crippen molar-refractivity contribution in [2.75, 3.05) is 18.8 Å². The lowest BCUT2D eigenvalue weighted by atomic mass is 9.97. The summed E-state index contributed by atoms with van der Waals surface area (Å²) in [4.78, 5) is 19.9. The highest BCUT2D eigenvalue weighted by Crippen LogP contribution is 2.27. The van der Waals surface area contributed by atoms with Gasteiger partial charge in [-0.15, -0.1) is 5.10 Å². The van der Waals surface area contributed by atoms with Gasteiger partial charge in [-0.2, -0.15) is 0 Å². The van der Waals surface area contributed by atoms with Crippen LogP contribution in [0.4, 0.5) is 0 Å². The van der Waals surface area contributed by atoms with Gasteiger partial charge in [0.15, 0.2) is 11.2 Å². The molecule has 3 heterocycles. The van der Waals surface area contributed by atoms with Gasteiger partial charge in [0.05, 0.1) is 12.3 Å². The molecule has 1 saturated heterocycles. The van der Waals surface area contributed by atoms with Crippen molar-refractivity contribution in [3.63, 3.8) is 0 Å². The number of nitrogens with zero attached hydrogens (tertiary/aromatic N) is 5. The number of piperidine rings is 1. The molecule has 0 unspecified atom stereocenters. The predicted octanol–water partition coefficient (Wildman–Crippen LogP) is 1.09. The highest BCUT2D eigenvalue weighted by atomic mass is 32.2. The largest absolute Gasteiger partial charge is 0.308 e. The molecule has 28 heavy (non-hydrogen) atoms. The van der Waals surface area contributed by atoms with Gasteiger partial charge in [-0.05, 0) is 25.3 Å². The molecule has 9 nitrogen and oxygen atoms in total. The number of H-pyrrole nitrogens is 1. The molecule has 2 aromatic heterocycles. The topological polar surface area (TPSA) is 114 Å². The molecule has 10 heteroatoms. The van der Waals surface area contributed by atoms with Crippen molar-refractivity contribution in [2.24, 2.45) is 0 Å². The number of nitrogens with one attached hydrogen (secondary N) is 1. The third kappa shape index (κ3) is 3.57. The minimum Gasteiger partial charge on any atom is -0.308 e. The van der Waals surface area contributed by atoms with Crippen LogP contribution in [0.25, 0.3) is 11.2 Å². The van der Waals surface area contributed by atoms with Crippen molar-refractivity contribution in [1.29, 1.82) is 0 Å². The Morgan fingerprint density at radius 3 is 2.57 bits per heavy atom. The normalized spacial score (nSPS) is 16.6. The molecule has 1 aromatic carbocycles. The summed E-state index contributed by atoms with van der Waals surface area (Å²) in [6, 6.07) is 9.78. The van der Waals surface area contributed by atoms with Crippen molar-refractivity contribution in [3.8, 4) is 0 Å². The predicted molar refractivity (Wildman–Crippen MR) is 104 cm³/mol. The number of sulfonamides is 1. The molecule has 0 spiro atoms. The van der Waals surface area contributed by atoms with Gasteiger partial charge in [-0.1, -0.05) is 35.5 Å². The van der Waals surface area contributed by atoms with E-state index < -0.39 is 10.0 Å². The van der Waals surface area contributed by atoms with Crippen LogP contribution < -0.4 is 5.56 Å². The quantitative estimate of drug-likeness (QED) is 0.683. The monoisotopic (exact) mass is 402 g/mol. The molecule has 1 fully saturated rings. The lowest BCUT2D eigenvalue weighted by Crippen LogP contribution is -2.39. The maximum absolute atomic E-state index is 12.5. The fourth-order valence-electron chi connectivity index (χ4n) is 3.53. The van der Waals surface area contributed by atoms with Gasteiger partial charge in [0.1, 0.15) is 5.82 Å². The number of aromatic amines is 1. The second kappa shape index (κ2) is 7.44. The zero-order chi connectivity index (χ0) is 19.7. The maximum Gasteiger partial charge on any atom is 0.281 e. The zero-order valence-electron chi connectivity index (χ0n) is 15.6. The van der Waals surface area contributed by atoms with Crippen molar-refractivity contribution < 1.29 is 8.42 Å². The molecule has 0 saturated carbocycles. The van der Waals surface area contributed by atoms with Crippen LogP contribution in [0.1, 0.15) is 37.1 Å². The molecule has 0 atom stereocenters. The second-order valence-corrected chi connectivity index (χ2v) is 9.19. The molecular weight excluding hydrogens is 380 g/mol. The molecule has 3 aromatic rings. The average Bonchev–Trinajstić information content (AvgIpc) is 3.12. The summed E-state index contributed by atoms with van der Waals surface area (Å²) in [5.41, 5.74) is 1.39. The Morgan fingerprint density at radius 1 is 1.18 bits per heavy atom. The Bertz CT molecular complexity index is 1130. The van der Waals surface area contributed by atoms with E-state index in [2.05, 4.69) is 20.3 Å².